The summed E-state index contributed by atoms with van der Waals surface area (Å²) in [5.74, 6) is -1.19. The second kappa shape index (κ2) is 7.51. The smallest absolute Gasteiger partial charge is 0.405 e. The van der Waals surface area contributed by atoms with Crippen LogP contribution < -0.4 is 16.5 Å². The number of nitrogens with zero attached hydrogens (tertiary/aromatic N) is 1. The van der Waals surface area contributed by atoms with Crippen LogP contribution in [0.25, 0.3) is 0 Å². The molecule has 1 aromatic heterocycles. The lowest BCUT2D eigenvalue weighted by molar-refractivity contribution is -0.124. The summed E-state index contributed by atoms with van der Waals surface area (Å²) >= 11 is 6.02. The molecule has 0 saturated carbocycles. The fourth-order valence-electron chi connectivity index (χ4n) is 1.87. The van der Waals surface area contributed by atoms with Gasteiger partial charge in [-0.2, -0.15) is 0 Å². The largest absolute Gasteiger partial charge is 0.437 e. The van der Waals surface area contributed by atoms with Crippen LogP contribution in [0.5, 0.6) is 0 Å². The maximum absolute atomic E-state index is 12.4. The number of primary amides is 1. The second-order valence-electron chi connectivity index (χ2n) is 4.76. The Morgan fingerprint density at radius 1 is 1.21 bits per heavy atom. The fraction of sp³-hybridized carbons (Fsp3) is 0.133. The van der Waals surface area contributed by atoms with E-state index in [0.29, 0.717) is 5.69 Å². The summed E-state index contributed by atoms with van der Waals surface area (Å²) < 4.78 is 5.71. The van der Waals surface area contributed by atoms with E-state index in [1.165, 1.54) is 19.2 Å². The van der Waals surface area contributed by atoms with Gasteiger partial charge in [0, 0.05) is 11.9 Å². The predicted octanol–water partition coefficient (Wildman–Crippen LogP) is 1.95. The number of nitrogens with one attached hydrogen (secondary N) is 2. The normalized spacial score (nSPS) is 11.4. The van der Waals surface area contributed by atoms with Crippen molar-refractivity contribution >= 4 is 35.2 Å². The molecule has 0 saturated heterocycles. The molecule has 0 fully saturated rings. The van der Waals surface area contributed by atoms with Gasteiger partial charge in [0.2, 0.25) is 0 Å². The highest BCUT2D eigenvalue weighted by atomic mass is 35.5. The number of aromatic nitrogens is 1. The van der Waals surface area contributed by atoms with Crippen molar-refractivity contribution in [1.82, 2.24) is 4.68 Å². The van der Waals surface area contributed by atoms with Crippen molar-refractivity contribution in [2.75, 3.05) is 10.7 Å². The highest BCUT2D eigenvalue weighted by Crippen LogP contribution is 2.18. The predicted molar refractivity (Wildman–Crippen MR) is 88.3 cm³/mol. The minimum atomic E-state index is -1.13. The van der Waals surface area contributed by atoms with Gasteiger partial charge in [-0.25, -0.2) is 4.79 Å². The number of ether oxygens (including phenoxy) is 1. The Labute approximate surface area is 142 Å². The fourth-order valence-corrected chi connectivity index (χ4v) is 2.10. The number of hydrogen-bond donors (Lipinski definition) is 3. The summed E-state index contributed by atoms with van der Waals surface area (Å²) in [4.78, 5) is 35.0. The number of amides is 3. The number of hydrogen-bond acceptors (Lipinski definition) is 4. The minimum absolute atomic E-state index is 0.0279. The van der Waals surface area contributed by atoms with Crippen molar-refractivity contribution in [1.29, 1.82) is 0 Å². The quantitative estimate of drug-likeness (QED) is 0.764. The van der Waals surface area contributed by atoms with E-state index < -0.39 is 24.0 Å². The van der Waals surface area contributed by atoms with E-state index >= 15 is 0 Å². The highest BCUT2D eigenvalue weighted by molar-refractivity contribution is 6.34. The van der Waals surface area contributed by atoms with Crippen LogP contribution in [0.4, 0.5) is 10.5 Å². The molecule has 3 amide bonds. The van der Waals surface area contributed by atoms with Crippen molar-refractivity contribution < 1.29 is 19.1 Å². The van der Waals surface area contributed by atoms with Crippen molar-refractivity contribution in [3.05, 3.63) is 53.3 Å². The lowest BCUT2D eigenvalue weighted by atomic mass is 10.3. The lowest BCUT2D eigenvalue weighted by Gasteiger charge is -2.15. The van der Waals surface area contributed by atoms with Crippen LogP contribution in [0.15, 0.2) is 42.6 Å². The number of anilines is 1. The van der Waals surface area contributed by atoms with Crippen LogP contribution in [0, 0.1) is 0 Å². The van der Waals surface area contributed by atoms with Crippen LogP contribution in [0.1, 0.15) is 17.4 Å². The third-order valence-electron chi connectivity index (χ3n) is 2.98. The summed E-state index contributed by atoms with van der Waals surface area (Å²) in [6.45, 7) is 1.34. The summed E-state index contributed by atoms with van der Waals surface area (Å²) in [5.41, 5.74) is 7.86. The maximum atomic E-state index is 12.4. The molecule has 9 heteroatoms. The molecule has 0 bridgehead atoms. The first-order valence-electron chi connectivity index (χ1n) is 6.88. The van der Waals surface area contributed by atoms with Crippen molar-refractivity contribution in [3.63, 3.8) is 0 Å². The molecule has 1 heterocycles. The van der Waals surface area contributed by atoms with Crippen LogP contribution in [0.2, 0.25) is 5.02 Å². The molecule has 1 unspecified atom stereocenters. The number of halogens is 1. The SMILES string of the molecule is CC(OC(N)=O)C(=O)Nn1ccc(Cl)c1C(=O)Nc1ccccc1. The average Bonchev–Trinajstić information content (AvgIpc) is 2.88. The molecular weight excluding hydrogens is 336 g/mol. The van der Waals surface area contributed by atoms with Gasteiger partial charge < -0.3 is 15.8 Å². The first-order valence-corrected chi connectivity index (χ1v) is 7.26. The molecule has 1 aromatic carbocycles. The minimum Gasteiger partial charge on any atom is -0.437 e. The first kappa shape index (κ1) is 17.4. The maximum Gasteiger partial charge on any atom is 0.405 e. The van der Waals surface area contributed by atoms with Crippen molar-refractivity contribution in [2.24, 2.45) is 5.73 Å². The van der Waals surface area contributed by atoms with Gasteiger partial charge in [0.1, 0.15) is 5.69 Å². The zero-order valence-corrected chi connectivity index (χ0v) is 13.4. The summed E-state index contributed by atoms with van der Waals surface area (Å²) in [7, 11) is 0. The first-order chi connectivity index (χ1) is 11.4. The second-order valence-corrected chi connectivity index (χ2v) is 5.16. The van der Waals surface area contributed by atoms with Gasteiger partial charge in [0.25, 0.3) is 11.8 Å². The molecule has 24 heavy (non-hydrogen) atoms. The molecule has 0 aliphatic carbocycles. The van der Waals surface area contributed by atoms with E-state index in [0.717, 1.165) is 4.68 Å². The number of carbonyl (C=O) groups is 3. The van der Waals surface area contributed by atoms with E-state index in [1.807, 2.05) is 6.07 Å². The molecule has 1 atom stereocenters. The van der Waals surface area contributed by atoms with Crippen molar-refractivity contribution in [2.45, 2.75) is 13.0 Å². The summed E-state index contributed by atoms with van der Waals surface area (Å²) in [5, 5.41) is 2.80. The van der Waals surface area contributed by atoms with Gasteiger partial charge >= 0.3 is 6.09 Å². The Morgan fingerprint density at radius 2 is 1.88 bits per heavy atom. The highest BCUT2D eigenvalue weighted by Gasteiger charge is 2.21. The number of carbonyl (C=O) groups excluding carboxylic acids is 3. The Morgan fingerprint density at radius 3 is 2.50 bits per heavy atom. The Hall–Kier alpha value is -3.00. The third-order valence-corrected chi connectivity index (χ3v) is 3.28. The molecule has 126 valence electrons. The zero-order valence-electron chi connectivity index (χ0n) is 12.7. The van der Waals surface area contributed by atoms with E-state index in [-0.39, 0.29) is 10.7 Å². The lowest BCUT2D eigenvalue weighted by Crippen LogP contribution is -2.37. The zero-order chi connectivity index (χ0) is 17.7. The summed E-state index contributed by atoms with van der Waals surface area (Å²) in [6.07, 6.45) is -0.809. The number of rotatable bonds is 5. The van der Waals surface area contributed by atoms with E-state index in [1.54, 1.807) is 24.3 Å². The van der Waals surface area contributed by atoms with Gasteiger partial charge in [0.15, 0.2) is 6.10 Å². The monoisotopic (exact) mass is 350 g/mol. The molecule has 0 aliphatic heterocycles. The molecule has 2 rings (SSSR count). The third kappa shape index (κ3) is 4.26. The van der Waals surface area contributed by atoms with Crippen LogP contribution >= 0.6 is 11.6 Å². The molecule has 2 aromatic rings. The van der Waals surface area contributed by atoms with E-state index in [9.17, 15) is 14.4 Å². The van der Waals surface area contributed by atoms with Gasteiger partial charge in [-0.15, -0.1) is 0 Å². The molecule has 0 radical (unpaired) electrons. The molecule has 4 N–H and O–H groups in total. The molecule has 8 nitrogen and oxygen atoms in total. The Bertz CT molecular complexity index is 760. The van der Waals surface area contributed by atoms with Gasteiger partial charge in [-0.05, 0) is 25.1 Å². The molecule has 0 spiro atoms. The van der Waals surface area contributed by atoms with Crippen LogP contribution in [-0.2, 0) is 9.53 Å². The number of para-hydroxylation sites is 1. The van der Waals surface area contributed by atoms with E-state index in [2.05, 4.69) is 15.5 Å². The Balaban J connectivity index is 2.14. The standard InChI is InChI=1S/C15H15ClN4O4/c1-9(24-15(17)23)13(21)19-20-8-7-11(16)12(20)14(22)18-10-5-3-2-4-6-10/h2-9H,1H3,(H2,17,23)(H,18,22)(H,19,21). The summed E-state index contributed by atoms with van der Waals surface area (Å²) in [6, 6.07) is 10.2. The number of benzene rings is 1. The van der Waals surface area contributed by atoms with Gasteiger partial charge in [-0.1, -0.05) is 29.8 Å². The van der Waals surface area contributed by atoms with Crippen molar-refractivity contribution in [3.8, 4) is 0 Å². The topological polar surface area (TPSA) is 115 Å². The Kier molecular flexibility index (Phi) is 5.43. The van der Waals surface area contributed by atoms with Gasteiger partial charge in [0.05, 0.1) is 5.02 Å². The van der Waals surface area contributed by atoms with E-state index in [4.69, 9.17) is 17.3 Å². The molecular formula is C15H15ClN4O4. The number of nitrogens with two attached hydrogens (primary N) is 1. The average molecular weight is 351 g/mol. The van der Waals surface area contributed by atoms with Crippen LogP contribution in [-0.4, -0.2) is 28.7 Å². The van der Waals surface area contributed by atoms with Crippen LogP contribution in [0.3, 0.4) is 0 Å². The van der Waals surface area contributed by atoms with Gasteiger partial charge in [-0.3, -0.25) is 19.7 Å². The molecule has 0 aliphatic rings.